The van der Waals surface area contributed by atoms with Crippen molar-refractivity contribution in [3.63, 3.8) is 0 Å². The zero-order chi connectivity index (χ0) is 15.8. The fourth-order valence-electron chi connectivity index (χ4n) is 2.56. The molecule has 1 heterocycles. The van der Waals surface area contributed by atoms with Crippen LogP contribution in [0.1, 0.15) is 25.3 Å². The van der Waals surface area contributed by atoms with Gasteiger partial charge >= 0.3 is 5.97 Å². The van der Waals surface area contributed by atoms with Crippen molar-refractivity contribution in [3.8, 4) is 11.5 Å². The van der Waals surface area contributed by atoms with Gasteiger partial charge in [-0.2, -0.15) is 0 Å². The number of nitrogens with one attached hydrogen (secondary N) is 1. The third kappa shape index (κ3) is 4.91. The number of hydrogen-bond donors (Lipinski definition) is 1. The van der Waals surface area contributed by atoms with Crippen molar-refractivity contribution >= 4 is 5.97 Å². The Morgan fingerprint density at radius 3 is 2.95 bits per heavy atom. The van der Waals surface area contributed by atoms with Crippen molar-refractivity contribution in [2.24, 2.45) is 5.92 Å². The maximum Gasteiger partial charge on any atom is 0.306 e. The van der Waals surface area contributed by atoms with Gasteiger partial charge in [-0.05, 0) is 37.9 Å². The quantitative estimate of drug-likeness (QED) is 0.746. The van der Waals surface area contributed by atoms with Crippen LogP contribution in [0.25, 0.3) is 0 Å². The van der Waals surface area contributed by atoms with Crippen LogP contribution in [0, 0.1) is 5.92 Å². The Morgan fingerprint density at radius 1 is 1.41 bits per heavy atom. The predicted molar refractivity (Wildman–Crippen MR) is 84.4 cm³/mol. The average molecular weight is 307 g/mol. The lowest BCUT2D eigenvalue weighted by Crippen LogP contribution is -2.15. The van der Waals surface area contributed by atoms with Gasteiger partial charge in [-0.15, -0.1) is 0 Å². The van der Waals surface area contributed by atoms with Crippen LogP contribution in [-0.2, 0) is 16.0 Å². The largest absolute Gasteiger partial charge is 0.496 e. The Hall–Kier alpha value is -1.75. The number of aryl methyl sites for hydroxylation is 1. The van der Waals surface area contributed by atoms with Gasteiger partial charge in [0.15, 0.2) is 0 Å². The lowest BCUT2D eigenvalue weighted by Gasteiger charge is -2.14. The maximum atomic E-state index is 11.4. The van der Waals surface area contributed by atoms with Gasteiger partial charge < -0.3 is 19.5 Å². The van der Waals surface area contributed by atoms with Gasteiger partial charge in [-0.1, -0.05) is 6.07 Å². The molecule has 2 rings (SSSR count). The van der Waals surface area contributed by atoms with Crippen LogP contribution in [-0.4, -0.2) is 39.4 Å². The second-order valence-corrected chi connectivity index (χ2v) is 5.45. The standard InChI is InChI=1S/C17H25NO4/c1-3-21-17(19)7-5-14-4-6-15(10-16(14)20-2)22-12-13-8-9-18-11-13/h4,6,10,13,18H,3,5,7-9,11-12H2,1-2H3. The van der Waals surface area contributed by atoms with Crippen molar-refractivity contribution in [3.05, 3.63) is 23.8 Å². The molecule has 0 saturated carbocycles. The summed E-state index contributed by atoms with van der Waals surface area (Å²) in [7, 11) is 1.63. The first kappa shape index (κ1) is 16.6. The van der Waals surface area contributed by atoms with Gasteiger partial charge in [0.25, 0.3) is 0 Å². The molecule has 0 amide bonds. The Labute approximate surface area is 131 Å². The summed E-state index contributed by atoms with van der Waals surface area (Å²) in [6.07, 6.45) is 2.13. The van der Waals surface area contributed by atoms with Crippen molar-refractivity contribution in [1.82, 2.24) is 5.32 Å². The monoisotopic (exact) mass is 307 g/mol. The lowest BCUT2D eigenvalue weighted by atomic mass is 10.1. The molecule has 5 nitrogen and oxygen atoms in total. The van der Waals surface area contributed by atoms with E-state index < -0.39 is 0 Å². The minimum absolute atomic E-state index is 0.182. The van der Waals surface area contributed by atoms with E-state index in [1.807, 2.05) is 25.1 Å². The van der Waals surface area contributed by atoms with Gasteiger partial charge in [0.2, 0.25) is 0 Å². The Morgan fingerprint density at radius 2 is 2.27 bits per heavy atom. The van der Waals surface area contributed by atoms with Crippen molar-refractivity contribution in [1.29, 1.82) is 0 Å². The highest BCUT2D eigenvalue weighted by Gasteiger charge is 2.15. The van der Waals surface area contributed by atoms with E-state index in [1.165, 1.54) is 0 Å². The first-order valence-corrected chi connectivity index (χ1v) is 7.89. The molecular formula is C17H25NO4. The van der Waals surface area contributed by atoms with E-state index in [0.29, 0.717) is 25.4 Å². The summed E-state index contributed by atoms with van der Waals surface area (Å²) in [5.41, 5.74) is 0.991. The van der Waals surface area contributed by atoms with Crippen LogP contribution in [0.15, 0.2) is 18.2 Å². The molecule has 0 bridgehead atoms. The Kier molecular flexibility index (Phi) is 6.52. The molecule has 0 spiro atoms. The normalized spacial score (nSPS) is 17.3. The molecule has 1 atom stereocenters. The van der Waals surface area contributed by atoms with Crippen LogP contribution in [0.3, 0.4) is 0 Å². The molecule has 0 aliphatic carbocycles. The van der Waals surface area contributed by atoms with Crippen molar-refractivity contribution in [2.75, 3.05) is 33.4 Å². The van der Waals surface area contributed by atoms with Crippen LogP contribution in [0.4, 0.5) is 0 Å². The second kappa shape index (κ2) is 8.63. The molecule has 0 radical (unpaired) electrons. The molecule has 1 aliphatic rings. The highest BCUT2D eigenvalue weighted by atomic mass is 16.5. The third-order valence-electron chi connectivity index (χ3n) is 3.81. The van der Waals surface area contributed by atoms with Gasteiger partial charge in [-0.25, -0.2) is 0 Å². The molecule has 1 aromatic rings. The summed E-state index contributed by atoms with van der Waals surface area (Å²) in [6, 6.07) is 5.79. The lowest BCUT2D eigenvalue weighted by molar-refractivity contribution is -0.143. The highest BCUT2D eigenvalue weighted by molar-refractivity contribution is 5.69. The summed E-state index contributed by atoms with van der Waals surface area (Å²) in [5, 5.41) is 3.33. The van der Waals surface area contributed by atoms with Gasteiger partial charge in [0.1, 0.15) is 11.5 Å². The Balaban J connectivity index is 1.90. The van der Waals surface area contributed by atoms with E-state index in [2.05, 4.69) is 5.32 Å². The maximum absolute atomic E-state index is 11.4. The molecule has 1 aliphatic heterocycles. The Bertz CT molecular complexity index is 484. The smallest absolute Gasteiger partial charge is 0.306 e. The molecule has 5 heteroatoms. The molecule has 1 unspecified atom stereocenters. The summed E-state index contributed by atoms with van der Waals surface area (Å²) >= 11 is 0. The number of hydrogen-bond acceptors (Lipinski definition) is 5. The molecule has 1 N–H and O–H groups in total. The zero-order valence-electron chi connectivity index (χ0n) is 13.4. The first-order valence-electron chi connectivity index (χ1n) is 7.89. The van der Waals surface area contributed by atoms with Crippen LogP contribution >= 0.6 is 0 Å². The average Bonchev–Trinajstić information content (AvgIpc) is 3.05. The van der Waals surface area contributed by atoms with Crippen LogP contribution < -0.4 is 14.8 Å². The minimum Gasteiger partial charge on any atom is -0.496 e. The van der Waals surface area contributed by atoms with Gasteiger partial charge in [0, 0.05) is 24.9 Å². The molecule has 1 aromatic carbocycles. The summed E-state index contributed by atoms with van der Waals surface area (Å²) in [6.45, 7) is 5.04. The van der Waals surface area contributed by atoms with E-state index in [0.717, 1.165) is 43.2 Å². The van der Waals surface area contributed by atoms with Crippen LogP contribution in [0.2, 0.25) is 0 Å². The number of carbonyl (C=O) groups excluding carboxylic acids is 1. The number of rotatable bonds is 8. The van der Waals surface area contributed by atoms with Gasteiger partial charge in [-0.3, -0.25) is 4.79 Å². The molecule has 1 saturated heterocycles. The molecular weight excluding hydrogens is 282 g/mol. The minimum atomic E-state index is -0.182. The van der Waals surface area contributed by atoms with Crippen molar-refractivity contribution < 1.29 is 19.0 Å². The molecule has 0 aromatic heterocycles. The number of methoxy groups -OCH3 is 1. The molecule has 22 heavy (non-hydrogen) atoms. The summed E-state index contributed by atoms with van der Waals surface area (Å²) in [4.78, 5) is 11.4. The van der Waals surface area contributed by atoms with Crippen molar-refractivity contribution in [2.45, 2.75) is 26.2 Å². The van der Waals surface area contributed by atoms with E-state index in [9.17, 15) is 4.79 Å². The topological polar surface area (TPSA) is 56.8 Å². The molecule has 122 valence electrons. The number of esters is 1. The van der Waals surface area contributed by atoms with E-state index in [1.54, 1.807) is 7.11 Å². The predicted octanol–water partition coefficient (Wildman–Crippen LogP) is 2.18. The fourth-order valence-corrected chi connectivity index (χ4v) is 2.56. The van der Waals surface area contributed by atoms with Gasteiger partial charge in [0.05, 0.1) is 20.3 Å². The molecule has 1 fully saturated rings. The fraction of sp³-hybridized carbons (Fsp3) is 0.588. The number of ether oxygens (including phenoxy) is 3. The third-order valence-corrected chi connectivity index (χ3v) is 3.81. The van der Waals surface area contributed by atoms with E-state index in [-0.39, 0.29) is 5.97 Å². The first-order chi connectivity index (χ1) is 10.7. The second-order valence-electron chi connectivity index (χ2n) is 5.45. The number of benzene rings is 1. The van der Waals surface area contributed by atoms with E-state index in [4.69, 9.17) is 14.2 Å². The zero-order valence-corrected chi connectivity index (χ0v) is 13.4. The highest BCUT2D eigenvalue weighted by Crippen LogP contribution is 2.26. The number of carbonyl (C=O) groups is 1. The van der Waals surface area contributed by atoms with Crippen LogP contribution in [0.5, 0.6) is 11.5 Å². The summed E-state index contributed by atoms with van der Waals surface area (Å²) in [5.74, 6) is 1.96. The van der Waals surface area contributed by atoms with E-state index >= 15 is 0 Å². The summed E-state index contributed by atoms with van der Waals surface area (Å²) < 4.78 is 16.2. The SMILES string of the molecule is CCOC(=O)CCc1ccc(OCC2CCNC2)cc1OC.